The Bertz CT molecular complexity index is 913. The molecule has 7 nitrogen and oxygen atoms in total. The molecule has 28 heavy (non-hydrogen) atoms. The first kappa shape index (κ1) is 20.8. The van der Waals surface area contributed by atoms with Crippen molar-refractivity contribution >= 4 is 10.0 Å². The van der Waals surface area contributed by atoms with Crippen molar-refractivity contribution in [3.63, 3.8) is 0 Å². The zero-order valence-electron chi connectivity index (χ0n) is 15.9. The van der Waals surface area contributed by atoms with Crippen LogP contribution in [0.2, 0.25) is 0 Å². The van der Waals surface area contributed by atoms with Crippen molar-refractivity contribution in [3.05, 3.63) is 47.0 Å². The highest BCUT2D eigenvalue weighted by molar-refractivity contribution is 7.88. The first-order valence-corrected chi connectivity index (χ1v) is 11.0. The van der Waals surface area contributed by atoms with Gasteiger partial charge < -0.3 is 4.74 Å². The quantitative estimate of drug-likeness (QED) is 0.751. The van der Waals surface area contributed by atoms with Crippen molar-refractivity contribution in [2.45, 2.75) is 38.1 Å². The number of nitrogens with one attached hydrogen (secondary N) is 1. The van der Waals surface area contributed by atoms with Gasteiger partial charge in [0.05, 0.1) is 11.7 Å². The number of sulfonamides is 1. The van der Waals surface area contributed by atoms with Gasteiger partial charge in [-0.1, -0.05) is 6.92 Å². The van der Waals surface area contributed by atoms with Crippen LogP contribution in [0.25, 0.3) is 0 Å². The van der Waals surface area contributed by atoms with Crippen LogP contribution >= 0.6 is 0 Å². The highest BCUT2D eigenvalue weighted by atomic mass is 32.2. The maximum absolute atomic E-state index is 15.1. The molecule has 3 rings (SSSR count). The van der Waals surface area contributed by atoms with Crippen molar-refractivity contribution in [3.8, 4) is 0 Å². The van der Waals surface area contributed by atoms with Gasteiger partial charge in [-0.15, -0.1) is 0 Å². The molecule has 2 heterocycles. The lowest BCUT2D eigenvalue weighted by molar-refractivity contribution is 0.0593. The van der Waals surface area contributed by atoms with Crippen LogP contribution < -0.4 is 0 Å². The molecule has 2 aromatic rings. The number of rotatable bonds is 7. The van der Waals surface area contributed by atoms with Crippen molar-refractivity contribution < 1.29 is 21.9 Å². The van der Waals surface area contributed by atoms with Crippen LogP contribution in [0.3, 0.4) is 0 Å². The number of hydrogen-bond donors (Lipinski definition) is 1. The van der Waals surface area contributed by atoms with E-state index < -0.39 is 27.1 Å². The summed E-state index contributed by atoms with van der Waals surface area (Å²) in [6.07, 6.45) is 3.84. The first-order valence-electron chi connectivity index (χ1n) is 9.15. The maximum atomic E-state index is 15.1. The van der Waals surface area contributed by atoms with E-state index in [0.717, 1.165) is 22.7 Å². The SMILES string of the molecule is CCCN(Cc1cc(F)c(C2(c3ncn[nH]3)CCOCC2)cc1F)S(C)(=O)=O. The minimum absolute atomic E-state index is 0.0000886. The number of benzene rings is 1. The minimum Gasteiger partial charge on any atom is -0.381 e. The van der Waals surface area contributed by atoms with Gasteiger partial charge in [0.1, 0.15) is 23.8 Å². The van der Waals surface area contributed by atoms with Gasteiger partial charge in [0.25, 0.3) is 0 Å². The molecule has 0 unspecified atom stereocenters. The summed E-state index contributed by atoms with van der Waals surface area (Å²) in [4.78, 5) is 4.19. The van der Waals surface area contributed by atoms with Gasteiger partial charge in [0, 0.05) is 37.4 Å². The molecule has 0 atom stereocenters. The van der Waals surface area contributed by atoms with Crippen LogP contribution in [0, 0.1) is 11.6 Å². The number of halogens is 2. The van der Waals surface area contributed by atoms with E-state index in [2.05, 4.69) is 15.2 Å². The largest absolute Gasteiger partial charge is 0.381 e. The molecule has 0 radical (unpaired) electrons. The van der Waals surface area contributed by atoms with Gasteiger partial charge in [-0.05, 0) is 31.4 Å². The van der Waals surface area contributed by atoms with E-state index in [-0.39, 0.29) is 24.2 Å². The highest BCUT2D eigenvalue weighted by Gasteiger charge is 2.41. The maximum Gasteiger partial charge on any atom is 0.211 e. The lowest BCUT2D eigenvalue weighted by Gasteiger charge is -2.36. The van der Waals surface area contributed by atoms with Gasteiger partial charge in [-0.25, -0.2) is 22.2 Å². The third-order valence-corrected chi connectivity index (χ3v) is 6.40. The predicted molar refractivity (Wildman–Crippen MR) is 99.1 cm³/mol. The zero-order valence-corrected chi connectivity index (χ0v) is 16.7. The Morgan fingerprint density at radius 3 is 2.54 bits per heavy atom. The van der Waals surface area contributed by atoms with Gasteiger partial charge in [-0.2, -0.15) is 9.40 Å². The molecule has 154 valence electrons. The first-order chi connectivity index (χ1) is 13.3. The summed E-state index contributed by atoms with van der Waals surface area (Å²) >= 11 is 0. The molecule has 1 aromatic carbocycles. The molecular weight excluding hydrogens is 390 g/mol. The Morgan fingerprint density at radius 2 is 1.96 bits per heavy atom. The summed E-state index contributed by atoms with van der Waals surface area (Å²) in [5.74, 6) is -0.781. The van der Waals surface area contributed by atoms with Crippen LogP contribution in [0.15, 0.2) is 18.5 Å². The Balaban J connectivity index is 2.01. The molecule has 10 heteroatoms. The normalized spacial score (nSPS) is 17.2. The molecule has 1 saturated heterocycles. The zero-order chi connectivity index (χ0) is 20.4. The van der Waals surface area contributed by atoms with Gasteiger partial charge in [0.2, 0.25) is 10.0 Å². The fourth-order valence-electron chi connectivity index (χ4n) is 3.67. The second kappa shape index (κ2) is 8.22. The molecule has 1 fully saturated rings. The minimum atomic E-state index is -3.53. The average Bonchev–Trinajstić information content (AvgIpc) is 3.19. The van der Waals surface area contributed by atoms with Crippen LogP contribution in [0.4, 0.5) is 8.78 Å². The van der Waals surface area contributed by atoms with Crippen molar-refractivity contribution in [1.29, 1.82) is 0 Å². The number of ether oxygens (including phenoxy) is 1. The standard InChI is InChI=1S/C18H24F2N4O3S/c1-3-6-24(28(2,25)26)11-13-9-16(20)14(10-15(13)19)18(4-7-27-8-5-18)17-21-12-22-23-17/h9-10,12H,3-8,11H2,1-2H3,(H,21,22,23). The summed E-state index contributed by atoms with van der Waals surface area (Å²) in [5.41, 5.74) is -0.687. The molecule has 1 aliphatic rings. The molecular formula is C18H24F2N4O3S. The van der Waals surface area contributed by atoms with Crippen LogP contribution in [-0.4, -0.2) is 53.9 Å². The molecule has 0 saturated carbocycles. The van der Waals surface area contributed by atoms with E-state index in [9.17, 15) is 12.8 Å². The Morgan fingerprint density at radius 1 is 1.25 bits per heavy atom. The van der Waals surface area contributed by atoms with Gasteiger partial charge in [-0.3, -0.25) is 5.10 Å². The van der Waals surface area contributed by atoms with Crippen molar-refractivity contribution in [2.24, 2.45) is 0 Å². The summed E-state index contributed by atoms with van der Waals surface area (Å²) in [6, 6.07) is 2.25. The van der Waals surface area contributed by atoms with E-state index in [1.807, 2.05) is 6.92 Å². The summed E-state index contributed by atoms with van der Waals surface area (Å²) in [7, 11) is -3.53. The molecule has 1 aromatic heterocycles. The van der Waals surface area contributed by atoms with Crippen molar-refractivity contribution in [2.75, 3.05) is 26.0 Å². The smallest absolute Gasteiger partial charge is 0.211 e. The molecule has 1 N–H and O–H groups in total. The monoisotopic (exact) mass is 414 g/mol. The number of H-pyrrole nitrogens is 1. The number of hydrogen-bond acceptors (Lipinski definition) is 5. The molecule has 1 aliphatic heterocycles. The van der Waals surface area contributed by atoms with E-state index in [0.29, 0.717) is 38.3 Å². The van der Waals surface area contributed by atoms with Gasteiger partial charge >= 0.3 is 0 Å². The average molecular weight is 414 g/mol. The van der Waals surface area contributed by atoms with Crippen molar-refractivity contribution in [1.82, 2.24) is 19.5 Å². The van der Waals surface area contributed by atoms with Crippen LogP contribution in [0.5, 0.6) is 0 Å². The van der Waals surface area contributed by atoms with Crippen LogP contribution in [0.1, 0.15) is 43.1 Å². The second-order valence-corrected chi connectivity index (χ2v) is 9.03. The fraction of sp³-hybridized carbons (Fsp3) is 0.556. The summed E-state index contributed by atoms with van der Waals surface area (Å²) < 4.78 is 60.5. The molecule has 0 amide bonds. The number of aromatic amines is 1. The fourth-order valence-corrected chi connectivity index (χ4v) is 4.55. The summed E-state index contributed by atoms with van der Waals surface area (Å²) in [6.45, 7) is 2.63. The molecule has 0 spiro atoms. The third kappa shape index (κ3) is 4.08. The Kier molecular flexibility index (Phi) is 6.11. The third-order valence-electron chi connectivity index (χ3n) is 5.16. The molecule has 0 aliphatic carbocycles. The number of aromatic nitrogens is 3. The van der Waals surface area contributed by atoms with Gasteiger partial charge in [0.15, 0.2) is 0 Å². The topological polar surface area (TPSA) is 88.2 Å². The van der Waals surface area contributed by atoms with E-state index in [1.54, 1.807) is 0 Å². The Labute approximate surface area is 163 Å². The lowest BCUT2D eigenvalue weighted by atomic mass is 9.73. The summed E-state index contributed by atoms with van der Waals surface area (Å²) in [5, 5.41) is 6.64. The van der Waals surface area contributed by atoms with E-state index in [1.165, 1.54) is 6.33 Å². The molecule has 0 bridgehead atoms. The lowest BCUT2D eigenvalue weighted by Crippen LogP contribution is -2.37. The second-order valence-electron chi connectivity index (χ2n) is 7.05. The van der Waals surface area contributed by atoms with Crippen LogP contribution in [-0.2, 0) is 26.7 Å². The van der Waals surface area contributed by atoms with E-state index >= 15 is 4.39 Å². The highest BCUT2D eigenvalue weighted by Crippen LogP contribution is 2.41. The predicted octanol–water partition coefficient (Wildman–Crippen LogP) is 2.35. The van der Waals surface area contributed by atoms with E-state index in [4.69, 9.17) is 4.74 Å². The number of nitrogens with zero attached hydrogens (tertiary/aromatic N) is 3. The Hall–Kier alpha value is -1.91.